The molecule has 1 atom stereocenters. The fourth-order valence-corrected chi connectivity index (χ4v) is 1.98. The Hall–Kier alpha value is -1.29. The van der Waals surface area contributed by atoms with Gasteiger partial charge >= 0.3 is 0 Å². The predicted octanol–water partition coefficient (Wildman–Crippen LogP) is 1.95. The molecule has 1 N–H and O–H groups in total. The Morgan fingerprint density at radius 1 is 1.56 bits per heavy atom. The number of hydrogen-bond donors (Lipinski definition) is 1. The summed E-state index contributed by atoms with van der Waals surface area (Å²) < 4.78 is 1.23. The molecule has 1 aliphatic rings. The summed E-state index contributed by atoms with van der Waals surface area (Å²) in [6.45, 7) is 0. The molecule has 1 aromatic heterocycles. The van der Waals surface area contributed by atoms with E-state index in [9.17, 15) is 4.79 Å². The van der Waals surface area contributed by atoms with Crippen LogP contribution >= 0.6 is 11.6 Å². The van der Waals surface area contributed by atoms with Crippen molar-refractivity contribution in [1.29, 1.82) is 0 Å². The van der Waals surface area contributed by atoms with Crippen molar-refractivity contribution in [2.75, 3.05) is 5.32 Å². The molecular weight excluding hydrogens is 226 g/mol. The molecule has 1 aromatic rings. The molecule has 1 aliphatic carbocycles. The normalized spacial score (nSPS) is 19.8. The van der Waals surface area contributed by atoms with E-state index in [1.54, 1.807) is 13.2 Å². The second-order valence-corrected chi connectivity index (χ2v) is 4.30. The Kier molecular flexibility index (Phi) is 3.29. The third kappa shape index (κ3) is 2.27. The number of aryl methyl sites for hydroxylation is 1. The lowest BCUT2D eigenvalue weighted by Crippen LogP contribution is -2.25. The zero-order valence-corrected chi connectivity index (χ0v) is 9.87. The molecule has 0 spiro atoms. The van der Waals surface area contributed by atoms with Crippen LogP contribution in [0.4, 0.5) is 5.69 Å². The van der Waals surface area contributed by atoms with E-state index in [-0.39, 0.29) is 10.6 Å². The number of halogens is 1. The summed E-state index contributed by atoms with van der Waals surface area (Å²) in [5.41, 5.74) is 0.364. The molecule has 0 aliphatic heterocycles. The minimum atomic E-state index is -0.266. The Labute approximate surface area is 98.9 Å². The van der Waals surface area contributed by atoms with E-state index in [4.69, 9.17) is 11.6 Å². The summed E-state index contributed by atoms with van der Waals surface area (Å²) in [6.07, 6.45) is 8.99. The lowest BCUT2D eigenvalue weighted by molar-refractivity contribution is 0.640. The van der Waals surface area contributed by atoms with Gasteiger partial charge in [0.15, 0.2) is 0 Å². The second kappa shape index (κ2) is 4.70. The SMILES string of the molecule is Cn1ncc(NC2CC=CCC2)c(Cl)c1=O. The summed E-state index contributed by atoms with van der Waals surface area (Å²) in [6, 6.07) is 0.344. The minimum absolute atomic E-state index is 0.215. The number of nitrogens with zero attached hydrogens (tertiary/aromatic N) is 2. The molecule has 0 amide bonds. The van der Waals surface area contributed by atoms with Gasteiger partial charge in [0.05, 0.1) is 11.9 Å². The van der Waals surface area contributed by atoms with E-state index in [2.05, 4.69) is 22.6 Å². The molecular formula is C11H14ClN3O. The highest BCUT2D eigenvalue weighted by atomic mass is 35.5. The van der Waals surface area contributed by atoms with Crippen LogP contribution in [0.2, 0.25) is 5.02 Å². The molecule has 86 valence electrons. The number of rotatable bonds is 2. The standard InChI is InChI=1S/C11H14ClN3O/c1-15-11(16)10(12)9(7-13-15)14-8-5-3-2-4-6-8/h2-3,7-8,14H,4-6H2,1H3. The predicted molar refractivity (Wildman–Crippen MR) is 64.9 cm³/mol. The first kappa shape index (κ1) is 11.2. The van der Waals surface area contributed by atoms with Crippen molar-refractivity contribution in [2.24, 2.45) is 7.05 Å². The van der Waals surface area contributed by atoms with Crippen LogP contribution in [0.5, 0.6) is 0 Å². The Morgan fingerprint density at radius 3 is 3.06 bits per heavy atom. The third-order valence-corrected chi connectivity index (χ3v) is 3.07. The number of hydrogen-bond acceptors (Lipinski definition) is 3. The zero-order chi connectivity index (χ0) is 11.5. The van der Waals surface area contributed by atoms with Crippen LogP contribution in [-0.2, 0) is 7.05 Å². The average Bonchev–Trinajstić information content (AvgIpc) is 2.31. The third-order valence-electron chi connectivity index (χ3n) is 2.71. The molecule has 16 heavy (non-hydrogen) atoms. The summed E-state index contributed by atoms with van der Waals surface area (Å²) in [4.78, 5) is 11.5. The van der Waals surface area contributed by atoms with Crippen LogP contribution < -0.4 is 10.9 Å². The number of aromatic nitrogens is 2. The molecule has 0 radical (unpaired) electrons. The Bertz CT molecular complexity index is 467. The molecule has 0 saturated heterocycles. The van der Waals surface area contributed by atoms with Crippen molar-refractivity contribution in [3.8, 4) is 0 Å². The topological polar surface area (TPSA) is 46.9 Å². The van der Waals surface area contributed by atoms with Crippen LogP contribution in [0.15, 0.2) is 23.1 Å². The average molecular weight is 240 g/mol. The van der Waals surface area contributed by atoms with Crippen LogP contribution in [0.3, 0.4) is 0 Å². The lowest BCUT2D eigenvalue weighted by Gasteiger charge is -2.20. The second-order valence-electron chi connectivity index (χ2n) is 3.93. The molecule has 4 nitrogen and oxygen atoms in total. The first-order valence-corrected chi connectivity index (χ1v) is 5.69. The van der Waals surface area contributed by atoms with E-state index in [1.807, 2.05) is 0 Å². The molecule has 0 saturated carbocycles. The zero-order valence-electron chi connectivity index (χ0n) is 9.11. The lowest BCUT2D eigenvalue weighted by atomic mass is 10.0. The van der Waals surface area contributed by atoms with Crippen LogP contribution in [0.25, 0.3) is 0 Å². The van der Waals surface area contributed by atoms with Gasteiger partial charge in [-0.15, -0.1) is 0 Å². The smallest absolute Gasteiger partial charge is 0.287 e. The number of nitrogens with one attached hydrogen (secondary N) is 1. The van der Waals surface area contributed by atoms with Gasteiger partial charge < -0.3 is 5.32 Å². The van der Waals surface area contributed by atoms with Gasteiger partial charge in [-0.3, -0.25) is 4.79 Å². The van der Waals surface area contributed by atoms with Crippen LogP contribution in [0.1, 0.15) is 19.3 Å². The van der Waals surface area contributed by atoms with Crippen molar-refractivity contribution in [3.05, 3.63) is 33.7 Å². The van der Waals surface area contributed by atoms with Gasteiger partial charge in [0, 0.05) is 13.1 Å². The van der Waals surface area contributed by atoms with Crippen molar-refractivity contribution in [2.45, 2.75) is 25.3 Å². The van der Waals surface area contributed by atoms with Crippen LogP contribution in [0, 0.1) is 0 Å². The van der Waals surface area contributed by atoms with E-state index >= 15 is 0 Å². The quantitative estimate of drug-likeness (QED) is 0.803. The largest absolute Gasteiger partial charge is 0.379 e. The molecule has 5 heteroatoms. The van der Waals surface area contributed by atoms with Crippen molar-refractivity contribution in [3.63, 3.8) is 0 Å². The van der Waals surface area contributed by atoms with Gasteiger partial charge in [-0.2, -0.15) is 5.10 Å². The maximum absolute atomic E-state index is 11.5. The summed E-state index contributed by atoms with van der Waals surface area (Å²) in [5, 5.41) is 7.42. The first-order valence-electron chi connectivity index (χ1n) is 5.32. The highest BCUT2D eigenvalue weighted by molar-refractivity contribution is 6.32. The first-order chi connectivity index (χ1) is 7.68. The fourth-order valence-electron chi connectivity index (χ4n) is 1.76. The molecule has 0 fully saturated rings. The number of anilines is 1. The highest BCUT2D eigenvalue weighted by Gasteiger charge is 2.13. The van der Waals surface area contributed by atoms with Gasteiger partial charge in [-0.1, -0.05) is 23.8 Å². The summed E-state index contributed by atoms with van der Waals surface area (Å²) in [7, 11) is 1.58. The van der Waals surface area contributed by atoms with E-state index in [0.717, 1.165) is 19.3 Å². The van der Waals surface area contributed by atoms with Gasteiger partial charge in [0.25, 0.3) is 5.56 Å². The molecule has 2 rings (SSSR count). The summed E-state index contributed by atoms with van der Waals surface area (Å²) in [5.74, 6) is 0. The molecule has 1 unspecified atom stereocenters. The Balaban J connectivity index is 2.18. The summed E-state index contributed by atoms with van der Waals surface area (Å²) >= 11 is 5.96. The van der Waals surface area contributed by atoms with Gasteiger partial charge in [0.2, 0.25) is 0 Å². The van der Waals surface area contributed by atoms with Gasteiger partial charge in [-0.25, -0.2) is 4.68 Å². The maximum Gasteiger partial charge on any atom is 0.287 e. The van der Waals surface area contributed by atoms with Gasteiger partial charge in [0.1, 0.15) is 5.02 Å². The van der Waals surface area contributed by atoms with E-state index < -0.39 is 0 Å². The van der Waals surface area contributed by atoms with Crippen molar-refractivity contribution in [1.82, 2.24) is 9.78 Å². The molecule has 0 aromatic carbocycles. The minimum Gasteiger partial charge on any atom is -0.379 e. The maximum atomic E-state index is 11.5. The van der Waals surface area contributed by atoms with Crippen molar-refractivity contribution >= 4 is 17.3 Å². The Morgan fingerprint density at radius 2 is 2.38 bits per heavy atom. The van der Waals surface area contributed by atoms with Crippen molar-refractivity contribution < 1.29 is 0 Å². The van der Waals surface area contributed by atoms with E-state index in [0.29, 0.717) is 11.7 Å². The fraction of sp³-hybridized carbons (Fsp3) is 0.455. The molecule has 0 bridgehead atoms. The number of allylic oxidation sites excluding steroid dienone is 1. The monoisotopic (exact) mass is 239 g/mol. The van der Waals surface area contributed by atoms with Gasteiger partial charge in [-0.05, 0) is 19.3 Å². The van der Waals surface area contributed by atoms with Crippen LogP contribution in [-0.4, -0.2) is 15.8 Å². The van der Waals surface area contributed by atoms with E-state index in [1.165, 1.54) is 4.68 Å². The highest BCUT2D eigenvalue weighted by Crippen LogP contribution is 2.20. The molecule has 1 heterocycles.